The van der Waals surface area contributed by atoms with E-state index in [1.807, 2.05) is 0 Å². The molecule has 0 saturated carbocycles. The van der Waals surface area contributed by atoms with Crippen LogP contribution in [0.4, 0.5) is 10.5 Å². The number of nitrogens with one attached hydrogen (secondary N) is 3. The van der Waals surface area contributed by atoms with Gasteiger partial charge in [0.25, 0.3) is 5.91 Å². The zero-order valence-corrected chi connectivity index (χ0v) is 11.6. The van der Waals surface area contributed by atoms with E-state index in [2.05, 4.69) is 21.2 Å². The second-order valence-electron chi connectivity index (χ2n) is 4.94. The topological polar surface area (TPSA) is 109 Å². The molecule has 2 aliphatic rings. The molecule has 8 heteroatoms. The Balaban J connectivity index is 1.62. The number of benzene rings is 1. The van der Waals surface area contributed by atoms with Crippen LogP contribution in [0.25, 0.3) is 0 Å². The van der Waals surface area contributed by atoms with Crippen molar-refractivity contribution in [1.29, 1.82) is 0 Å². The van der Waals surface area contributed by atoms with Gasteiger partial charge in [-0.2, -0.15) is 5.10 Å². The predicted octanol–water partition coefficient (Wildman–Crippen LogP) is 0.672. The molecule has 0 spiro atoms. The van der Waals surface area contributed by atoms with E-state index < -0.39 is 6.09 Å². The molecule has 22 heavy (non-hydrogen) atoms. The van der Waals surface area contributed by atoms with Crippen LogP contribution in [0.15, 0.2) is 29.4 Å². The van der Waals surface area contributed by atoms with Crippen LogP contribution in [0, 0.1) is 0 Å². The van der Waals surface area contributed by atoms with Gasteiger partial charge in [-0.05, 0) is 17.7 Å². The summed E-state index contributed by atoms with van der Waals surface area (Å²) in [6.45, 7) is 0.432. The number of ether oxygens (including phenoxy) is 1. The Labute approximate surface area is 125 Å². The van der Waals surface area contributed by atoms with E-state index in [0.29, 0.717) is 18.7 Å². The molecule has 0 bridgehead atoms. The monoisotopic (exact) mass is 302 g/mol. The maximum absolute atomic E-state index is 12.0. The smallest absolute Gasteiger partial charge is 0.407 e. The lowest BCUT2D eigenvalue weighted by Gasteiger charge is -2.13. The number of amides is 3. The van der Waals surface area contributed by atoms with E-state index >= 15 is 0 Å². The Morgan fingerprint density at radius 1 is 1.23 bits per heavy atom. The number of hydrazone groups is 1. The number of hydrogen-bond acceptors (Lipinski definition) is 5. The van der Waals surface area contributed by atoms with Gasteiger partial charge in [0, 0.05) is 18.5 Å². The molecule has 1 fully saturated rings. The van der Waals surface area contributed by atoms with E-state index in [-0.39, 0.29) is 30.1 Å². The summed E-state index contributed by atoms with van der Waals surface area (Å²) in [5, 5.41) is 9.02. The van der Waals surface area contributed by atoms with Crippen molar-refractivity contribution < 1.29 is 19.1 Å². The quantitative estimate of drug-likeness (QED) is 0.762. The normalized spacial score (nSPS) is 20.5. The standard InChI is InChI=1S/C14H14N4O4/c19-12-6-5-10(17-18-12)13(20)16-9-3-1-8(2-4-9)11-7-15-14(21)22-11/h1-4,11H,5-7H2,(H,15,21)(H,16,20)(H,18,19). The summed E-state index contributed by atoms with van der Waals surface area (Å²) in [7, 11) is 0. The van der Waals surface area contributed by atoms with E-state index in [9.17, 15) is 14.4 Å². The van der Waals surface area contributed by atoms with Gasteiger partial charge in [-0.25, -0.2) is 10.2 Å². The first-order valence-electron chi connectivity index (χ1n) is 6.83. The SMILES string of the molecule is O=C1CCC(C(=O)Nc2ccc(C3CNC(=O)O3)cc2)=NN1. The molecule has 2 aliphatic heterocycles. The van der Waals surface area contributed by atoms with Crippen LogP contribution < -0.4 is 16.1 Å². The maximum atomic E-state index is 12.0. The zero-order valence-electron chi connectivity index (χ0n) is 11.6. The van der Waals surface area contributed by atoms with Crippen LogP contribution in [0.1, 0.15) is 24.5 Å². The summed E-state index contributed by atoms with van der Waals surface area (Å²) < 4.78 is 5.08. The molecule has 0 aliphatic carbocycles. The fourth-order valence-electron chi connectivity index (χ4n) is 2.20. The van der Waals surface area contributed by atoms with Crippen molar-refractivity contribution >= 4 is 29.3 Å². The van der Waals surface area contributed by atoms with Crippen LogP contribution in [0.5, 0.6) is 0 Å². The highest BCUT2D eigenvalue weighted by Crippen LogP contribution is 2.22. The average molecular weight is 302 g/mol. The van der Waals surface area contributed by atoms with Gasteiger partial charge in [-0.15, -0.1) is 0 Å². The molecule has 8 nitrogen and oxygen atoms in total. The molecule has 1 saturated heterocycles. The Morgan fingerprint density at radius 2 is 2.00 bits per heavy atom. The molecular formula is C14H14N4O4. The van der Waals surface area contributed by atoms with Gasteiger partial charge in [0.1, 0.15) is 11.8 Å². The lowest BCUT2D eigenvalue weighted by atomic mass is 10.1. The number of rotatable bonds is 3. The van der Waals surface area contributed by atoms with Crippen LogP contribution in [-0.4, -0.2) is 30.2 Å². The highest BCUT2D eigenvalue weighted by Gasteiger charge is 2.24. The Bertz CT molecular complexity index is 653. The Kier molecular flexibility index (Phi) is 3.73. The van der Waals surface area contributed by atoms with E-state index in [1.54, 1.807) is 24.3 Å². The third kappa shape index (κ3) is 3.05. The highest BCUT2D eigenvalue weighted by molar-refractivity contribution is 6.43. The molecule has 3 amide bonds. The summed E-state index contributed by atoms with van der Waals surface area (Å²) in [5.74, 6) is -0.540. The van der Waals surface area contributed by atoms with Crippen molar-refractivity contribution in [3.8, 4) is 0 Å². The minimum Gasteiger partial charge on any atom is -0.439 e. The molecule has 2 heterocycles. The summed E-state index contributed by atoms with van der Waals surface area (Å²) >= 11 is 0. The maximum Gasteiger partial charge on any atom is 0.407 e. The summed E-state index contributed by atoms with van der Waals surface area (Å²) in [6.07, 6.45) is -0.167. The molecule has 0 radical (unpaired) electrons. The number of anilines is 1. The number of cyclic esters (lactones) is 1. The molecule has 114 valence electrons. The number of hydrogen-bond donors (Lipinski definition) is 3. The number of alkyl carbamates (subject to hydrolysis) is 1. The third-order valence-corrected chi connectivity index (χ3v) is 3.39. The van der Waals surface area contributed by atoms with Crippen LogP contribution in [0.2, 0.25) is 0 Å². The molecule has 1 aromatic rings. The number of carbonyl (C=O) groups is 3. The lowest BCUT2D eigenvalue weighted by molar-refractivity contribution is -0.121. The molecule has 3 rings (SSSR count). The molecular weight excluding hydrogens is 288 g/mol. The van der Waals surface area contributed by atoms with Gasteiger partial charge in [-0.3, -0.25) is 9.59 Å². The highest BCUT2D eigenvalue weighted by atomic mass is 16.6. The summed E-state index contributed by atoms with van der Waals surface area (Å²) in [4.78, 5) is 34.0. The van der Waals surface area contributed by atoms with Crippen molar-refractivity contribution in [2.45, 2.75) is 18.9 Å². The van der Waals surface area contributed by atoms with Crippen molar-refractivity contribution in [3.05, 3.63) is 29.8 Å². The first kappa shape index (κ1) is 14.1. The van der Waals surface area contributed by atoms with Crippen molar-refractivity contribution in [3.63, 3.8) is 0 Å². The number of nitrogens with zero attached hydrogens (tertiary/aromatic N) is 1. The van der Waals surface area contributed by atoms with Crippen molar-refractivity contribution in [2.75, 3.05) is 11.9 Å². The van der Waals surface area contributed by atoms with Crippen molar-refractivity contribution in [2.24, 2.45) is 5.10 Å². The van der Waals surface area contributed by atoms with E-state index in [0.717, 1.165) is 5.56 Å². The molecule has 0 aromatic heterocycles. The van der Waals surface area contributed by atoms with Crippen LogP contribution in [-0.2, 0) is 14.3 Å². The lowest BCUT2D eigenvalue weighted by Crippen LogP contribution is -2.32. The summed E-state index contributed by atoms with van der Waals surface area (Å²) in [6, 6.07) is 7.01. The van der Waals surface area contributed by atoms with E-state index in [1.165, 1.54) is 0 Å². The first-order valence-corrected chi connectivity index (χ1v) is 6.83. The first-order chi connectivity index (χ1) is 10.6. The van der Waals surface area contributed by atoms with Crippen LogP contribution >= 0.6 is 0 Å². The fraction of sp³-hybridized carbons (Fsp3) is 0.286. The van der Waals surface area contributed by atoms with E-state index in [4.69, 9.17) is 4.74 Å². The van der Waals surface area contributed by atoms with Gasteiger partial charge in [0.05, 0.1) is 6.54 Å². The minimum absolute atomic E-state index is 0.194. The zero-order chi connectivity index (χ0) is 15.5. The average Bonchev–Trinajstić information content (AvgIpc) is 2.95. The summed E-state index contributed by atoms with van der Waals surface area (Å²) in [5.41, 5.74) is 4.02. The van der Waals surface area contributed by atoms with Gasteiger partial charge in [0.2, 0.25) is 5.91 Å². The fourth-order valence-corrected chi connectivity index (χ4v) is 2.20. The second kappa shape index (κ2) is 5.84. The Morgan fingerprint density at radius 3 is 2.59 bits per heavy atom. The predicted molar refractivity (Wildman–Crippen MR) is 77.1 cm³/mol. The second-order valence-corrected chi connectivity index (χ2v) is 4.94. The molecule has 3 N–H and O–H groups in total. The third-order valence-electron chi connectivity index (χ3n) is 3.39. The molecule has 1 unspecified atom stereocenters. The van der Waals surface area contributed by atoms with Gasteiger partial charge in [0.15, 0.2) is 0 Å². The molecule has 1 aromatic carbocycles. The van der Waals surface area contributed by atoms with Gasteiger partial charge in [-0.1, -0.05) is 12.1 Å². The largest absolute Gasteiger partial charge is 0.439 e. The minimum atomic E-state index is -0.431. The van der Waals surface area contributed by atoms with Crippen molar-refractivity contribution in [1.82, 2.24) is 10.7 Å². The Hall–Kier alpha value is -2.90. The van der Waals surface area contributed by atoms with Gasteiger partial charge >= 0.3 is 6.09 Å². The number of carbonyl (C=O) groups excluding carboxylic acids is 3. The molecule has 1 atom stereocenters. The van der Waals surface area contributed by atoms with Crippen LogP contribution in [0.3, 0.4) is 0 Å². The van der Waals surface area contributed by atoms with Gasteiger partial charge < -0.3 is 15.4 Å².